The summed E-state index contributed by atoms with van der Waals surface area (Å²) in [5.41, 5.74) is 3.05. The molecule has 19 heavy (non-hydrogen) atoms. The summed E-state index contributed by atoms with van der Waals surface area (Å²) in [5, 5.41) is 12.9. The molecular weight excluding hydrogens is 232 g/mol. The number of fused-ring (bicyclic) bond motifs is 1. The Morgan fingerprint density at radius 2 is 1.37 bits per heavy atom. The van der Waals surface area contributed by atoms with E-state index in [0.717, 1.165) is 27.5 Å². The number of aliphatic hydroxyl groups excluding tert-OH is 1. The van der Waals surface area contributed by atoms with Crippen LogP contribution in [0.4, 0.5) is 0 Å². The van der Waals surface area contributed by atoms with Gasteiger partial charge in [0.05, 0.1) is 0 Å². The maximum Gasteiger partial charge on any atom is 0.105 e. The normalized spacial score (nSPS) is 12.5. The summed E-state index contributed by atoms with van der Waals surface area (Å²) in [7, 11) is 0. The molecule has 1 N–H and O–H groups in total. The SMILES string of the molecule is Cc1ccccc1[C@@H](O)c1cccc2ccccc12. The lowest BCUT2D eigenvalue weighted by Crippen LogP contribution is -2.02. The van der Waals surface area contributed by atoms with Crippen LogP contribution in [0.1, 0.15) is 22.8 Å². The Hall–Kier alpha value is -2.12. The molecule has 0 heterocycles. The number of aliphatic hydroxyl groups is 1. The van der Waals surface area contributed by atoms with Crippen molar-refractivity contribution in [1.29, 1.82) is 0 Å². The van der Waals surface area contributed by atoms with Crippen LogP contribution in [0.2, 0.25) is 0 Å². The molecule has 0 fully saturated rings. The largest absolute Gasteiger partial charge is 0.384 e. The van der Waals surface area contributed by atoms with Gasteiger partial charge in [-0.3, -0.25) is 0 Å². The number of benzene rings is 3. The molecular formula is C18H16O. The first kappa shape index (κ1) is 11.9. The third-order valence-electron chi connectivity index (χ3n) is 3.60. The van der Waals surface area contributed by atoms with Crippen molar-refractivity contribution in [2.75, 3.05) is 0 Å². The highest BCUT2D eigenvalue weighted by atomic mass is 16.3. The molecule has 3 aromatic rings. The molecule has 0 saturated heterocycles. The van der Waals surface area contributed by atoms with Gasteiger partial charge in [-0.05, 0) is 34.4 Å². The zero-order chi connectivity index (χ0) is 13.2. The average molecular weight is 248 g/mol. The van der Waals surface area contributed by atoms with Gasteiger partial charge in [-0.1, -0.05) is 66.7 Å². The highest BCUT2D eigenvalue weighted by Crippen LogP contribution is 2.30. The van der Waals surface area contributed by atoms with Crippen molar-refractivity contribution in [3.8, 4) is 0 Å². The standard InChI is InChI=1S/C18H16O/c1-13-7-2-4-10-15(13)18(19)17-12-6-9-14-8-3-5-11-16(14)17/h2-12,18-19H,1H3/t18-/m1/s1. The van der Waals surface area contributed by atoms with Gasteiger partial charge in [0.25, 0.3) is 0 Å². The van der Waals surface area contributed by atoms with Crippen LogP contribution < -0.4 is 0 Å². The van der Waals surface area contributed by atoms with Crippen molar-refractivity contribution in [1.82, 2.24) is 0 Å². The van der Waals surface area contributed by atoms with Crippen molar-refractivity contribution in [3.05, 3.63) is 83.4 Å². The smallest absolute Gasteiger partial charge is 0.105 e. The molecule has 1 heteroatoms. The summed E-state index contributed by atoms with van der Waals surface area (Å²) in [4.78, 5) is 0. The maximum absolute atomic E-state index is 10.7. The minimum atomic E-state index is -0.577. The van der Waals surface area contributed by atoms with Crippen LogP contribution >= 0.6 is 0 Å². The second kappa shape index (κ2) is 4.87. The summed E-state index contributed by atoms with van der Waals surface area (Å²) < 4.78 is 0. The maximum atomic E-state index is 10.7. The quantitative estimate of drug-likeness (QED) is 0.719. The van der Waals surface area contributed by atoms with Crippen LogP contribution in [0, 0.1) is 6.92 Å². The molecule has 1 atom stereocenters. The Labute approximate surface area is 113 Å². The Kier molecular flexibility index (Phi) is 3.06. The molecule has 0 saturated carbocycles. The number of hydrogen-bond donors (Lipinski definition) is 1. The third kappa shape index (κ3) is 2.13. The van der Waals surface area contributed by atoms with E-state index in [1.54, 1.807) is 0 Å². The summed E-state index contributed by atoms with van der Waals surface area (Å²) in [6, 6.07) is 22.2. The van der Waals surface area contributed by atoms with Crippen molar-refractivity contribution in [2.24, 2.45) is 0 Å². The Bertz CT molecular complexity index is 710. The lowest BCUT2D eigenvalue weighted by molar-refractivity contribution is 0.221. The van der Waals surface area contributed by atoms with Crippen LogP contribution in [-0.2, 0) is 0 Å². The fourth-order valence-corrected chi connectivity index (χ4v) is 2.55. The minimum Gasteiger partial charge on any atom is -0.384 e. The molecule has 0 amide bonds. The number of rotatable bonds is 2. The van der Waals surface area contributed by atoms with Gasteiger partial charge in [0, 0.05) is 0 Å². The summed E-state index contributed by atoms with van der Waals surface area (Å²) in [5.74, 6) is 0. The van der Waals surface area contributed by atoms with Gasteiger partial charge in [0.15, 0.2) is 0 Å². The molecule has 0 aliphatic rings. The summed E-state index contributed by atoms with van der Waals surface area (Å²) in [6.45, 7) is 2.03. The van der Waals surface area contributed by atoms with Crippen LogP contribution in [0.3, 0.4) is 0 Å². The van der Waals surface area contributed by atoms with Crippen LogP contribution in [-0.4, -0.2) is 5.11 Å². The topological polar surface area (TPSA) is 20.2 Å². The first-order chi connectivity index (χ1) is 9.27. The zero-order valence-corrected chi connectivity index (χ0v) is 10.9. The molecule has 0 bridgehead atoms. The van der Waals surface area contributed by atoms with E-state index in [0.29, 0.717) is 0 Å². The lowest BCUT2D eigenvalue weighted by atomic mass is 9.93. The summed E-state index contributed by atoms with van der Waals surface area (Å²) in [6.07, 6.45) is -0.577. The molecule has 0 radical (unpaired) electrons. The Morgan fingerprint density at radius 3 is 2.21 bits per heavy atom. The van der Waals surface area contributed by atoms with Gasteiger partial charge in [0.1, 0.15) is 6.10 Å². The molecule has 1 nitrogen and oxygen atoms in total. The van der Waals surface area contributed by atoms with E-state index in [-0.39, 0.29) is 0 Å². The molecule has 3 aromatic carbocycles. The Morgan fingerprint density at radius 1 is 0.737 bits per heavy atom. The molecule has 94 valence electrons. The van der Waals surface area contributed by atoms with Crippen LogP contribution in [0.25, 0.3) is 10.8 Å². The van der Waals surface area contributed by atoms with E-state index in [1.165, 1.54) is 0 Å². The van der Waals surface area contributed by atoms with Crippen LogP contribution in [0.5, 0.6) is 0 Å². The van der Waals surface area contributed by atoms with Gasteiger partial charge in [-0.15, -0.1) is 0 Å². The second-order valence-corrected chi connectivity index (χ2v) is 4.83. The van der Waals surface area contributed by atoms with Gasteiger partial charge in [-0.25, -0.2) is 0 Å². The minimum absolute atomic E-state index is 0.577. The van der Waals surface area contributed by atoms with E-state index in [2.05, 4.69) is 18.2 Å². The first-order valence-corrected chi connectivity index (χ1v) is 6.48. The van der Waals surface area contributed by atoms with Gasteiger partial charge in [0.2, 0.25) is 0 Å². The van der Waals surface area contributed by atoms with Crippen molar-refractivity contribution in [2.45, 2.75) is 13.0 Å². The predicted molar refractivity (Wildman–Crippen MR) is 79.2 cm³/mol. The number of aryl methyl sites for hydroxylation is 1. The van der Waals surface area contributed by atoms with E-state index >= 15 is 0 Å². The van der Waals surface area contributed by atoms with E-state index < -0.39 is 6.10 Å². The van der Waals surface area contributed by atoms with Crippen LogP contribution in [0.15, 0.2) is 66.7 Å². The van der Waals surface area contributed by atoms with Gasteiger partial charge in [-0.2, -0.15) is 0 Å². The monoisotopic (exact) mass is 248 g/mol. The first-order valence-electron chi connectivity index (χ1n) is 6.48. The van der Waals surface area contributed by atoms with E-state index in [4.69, 9.17) is 0 Å². The van der Waals surface area contributed by atoms with Crippen molar-refractivity contribution in [3.63, 3.8) is 0 Å². The highest BCUT2D eigenvalue weighted by molar-refractivity contribution is 5.86. The second-order valence-electron chi connectivity index (χ2n) is 4.83. The fourth-order valence-electron chi connectivity index (χ4n) is 2.55. The third-order valence-corrected chi connectivity index (χ3v) is 3.60. The summed E-state index contributed by atoms with van der Waals surface area (Å²) >= 11 is 0. The average Bonchev–Trinajstić information content (AvgIpc) is 2.46. The number of hydrogen-bond acceptors (Lipinski definition) is 1. The molecule has 0 aliphatic carbocycles. The zero-order valence-electron chi connectivity index (χ0n) is 10.9. The molecule has 0 aromatic heterocycles. The van der Waals surface area contributed by atoms with E-state index in [1.807, 2.05) is 55.5 Å². The Balaban J connectivity index is 2.17. The van der Waals surface area contributed by atoms with E-state index in [9.17, 15) is 5.11 Å². The van der Waals surface area contributed by atoms with Crippen molar-refractivity contribution < 1.29 is 5.11 Å². The molecule has 0 spiro atoms. The van der Waals surface area contributed by atoms with Gasteiger partial charge < -0.3 is 5.11 Å². The molecule has 0 unspecified atom stereocenters. The highest BCUT2D eigenvalue weighted by Gasteiger charge is 2.14. The molecule has 3 rings (SSSR count). The fraction of sp³-hybridized carbons (Fsp3) is 0.111. The molecule has 0 aliphatic heterocycles. The van der Waals surface area contributed by atoms with Crippen molar-refractivity contribution >= 4 is 10.8 Å². The predicted octanol–water partition coefficient (Wildman–Crippen LogP) is 4.23. The van der Waals surface area contributed by atoms with Gasteiger partial charge >= 0.3 is 0 Å². The lowest BCUT2D eigenvalue weighted by Gasteiger charge is -2.16.